The molecule has 0 aliphatic rings. The number of aliphatic hydroxyl groups excluding tert-OH is 1. The molecule has 0 saturated heterocycles. The van der Waals surface area contributed by atoms with Crippen molar-refractivity contribution in [3.63, 3.8) is 0 Å². The SMILES string of the molecule is CC(C)(C)C(CCO)NC(=O)c1cc(Cl)cc(Cl)c1I. The summed E-state index contributed by atoms with van der Waals surface area (Å²) in [6.07, 6.45) is 0.500. The van der Waals surface area contributed by atoms with E-state index in [0.717, 1.165) is 0 Å². The van der Waals surface area contributed by atoms with E-state index in [2.05, 4.69) is 5.32 Å². The van der Waals surface area contributed by atoms with Gasteiger partial charge in [0.25, 0.3) is 5.91 Å². The van der Waals surface area contributed by atoms with E-state index in [1.807, 2.05) is 43.4 Å². The first-order chi connectivity index (χ1) is 9.16. The molecule has 0 aromatic heterocycles. The number of hydrogen-bond donors (Lipinski definition) is 2. The van der Waals surface area contributed by atoms with Crippen molar-refractivity contribution >= 4 is 51.7 Å². The Balaban J connectivity index is 3.01. The molecule has 0 fully saturated rings. The van der Waals surface area contributed by atoms with Crippen LogP contribution in [0.4, 0.5) is 0 Å². The Bertz CT molecular complexity index is 501. The second-order valence-electron chi connectivity index (χ2n) is 5.65. The Morgan fingerprint density at radius 2 is 2.00 bits per heavy atom. The number of aliphatic hydroxyl groups is 1. The fraction of sp³-hybridized carbons (Fsp3) is 0.500. The predicted octanol–water partition coefficient (Wildman–Crippen LogP) is 4.12. The summed E-state index contributed by atoms with van der Waals surface area (Å²) < 4.78 is 0.669. The van der Waals surface area contributed by atoms with E-state index in [0.29, 0.717) is 25.6 Å². The first-order valence-electron chi connectivity index (χ1n) is 6.23. The van der Waals surface area contributed by atoms with E-state index >= 15 is 0 Å². The van der Waals surface area contributed by atoms with Gasteiger partial charge in [-0.15, -0.1) is 0 Å². The van der Waals surface area contributed by atoms with Crippen LogP contribution in [0, 0.1) is 8.99 Å². The highest BCUT2D eigenvalue weighted by Gasteiger charge is 2.27. The molecule has 0 spiro atoms. The minimum Gasteiger partial charge on any atom is -0.396 e. The number of carbonyl (C=O) groups is 1. The minimum atomic E-state index is -0.229. The fourth-order valence-electron chi connectivity index (χ4n) is 1.81. The fourth-order valence-corrected chi connectivity index (χ4v) is 2.86. The maximum atomic E-state index is 12.4. The van der Waals surface area contributed by atoms with Gasteiger partial charge in [-0.2, -0.15) is 0 Å². The molecule has 1 aromatic rings. The van der Waals surface area contributed by atoms with E-state index in [9.17, 15) is 4.79 Å². The minimum absolute atomic E-state index is 0.0234. The number of benzene rings is 1. The number of amides is 1. The molecule has 6 heteroatoms. The van der Waals surface area contributed by atoms with Gasteiger partial charge in [0.2, 0.25) is 0 Å². The van der Waals surface area contributed by atoms with Crippen molar-refractivity contribution in [3.05, 3.63) is 31.3 Å². The van der Waals surface area contributed by atoms with Gasteiger partial charge in [-0.1, -0.05) is 44.0 Å². The average molecular weight is 430 g/mol. The van der Waals surface area contributed by atoms with Gasteiger partial charge in [-0.05, 0) is 46.6 Å². The Morgan fingerprint density at radius 1 is 1.40 bits per heavy atom. The van der Waals surface area contributed by atoms with Crippen molar-refractivity contribution in [2.45, 2.75) is 33.2 Å². The lowest BCUT2D eigenvalue weighted by molar-refractivity contribution is 0.0884. The summed E-state index contributed by atoms with van der Waals surface area (Å²) in [7, 11) is 0. The smallest absolute Gasteiger partial charge is 0.252 e. The van der Waals surface area contributed by atoms with Crippen LogP contribution in [0.3, 0.4) is 0 Å². The normalized spacial score (nSPS) is 13.2. The second kappa shape index (κ2) is 7.29. The third-order valence-corrected chi connectivity index (χ3v) is 5.00. The number of rotatable bonds is 4. The molecule has 2 N–H and O–H groups in total. The van der Waals surface area contributed by atoms with Crippen molar-refractivity contribution in [2.24, 2.45) is 5.41 Å². The molecular formula is C14H18Cl2INO2. The van der Waals surface area contributed by atoms with Gasteiger partial charge in [0.15, 0.2) is 0 Å². The van der Waals surface area contributed by atoms with Crippen molar-refractivity contribution in [2.75, 3.05) is 6.61 Å². The maximum Gasteiger partial charge on any atom is 0.252 e. The highest BCUT2D eigenvalue weighted by molar-refractivity contribution is 14.1. The van der Waals surface area contributed by atoms with Gasteiger partial charge >= 0.3 is 0 Å². The van der Waals surface area contributed by atoms with Crippen LogP contribution in [-0.4, -0.2) is 23.7 Å². The lowest BCUT2D eigenvalue weighted by atomic mass is 9.85. The first kappa shape index (κ1) is 18.0. The van der Waals surface area contributed by atoms with Crippen molar-refractivity contribution in [3.8, 4) is 0 Å². The Labute approximate surface area is 143 Å². The predicted molar refractivity (Wildman–Crippen MR) is 91.6 cm³/mol. The van der Waals surface area contributed by atoms with Crippen LogP contribution in [-0.2, 0) is 0 Å². The van der Waals surface area contributed by atoms with Gasteiger partial charge in [0.1, 0.15) is 0 Å². The van der Waals surface area contributed by atoms with E-state index < -0.39 is 0 Å². The van der Waals surface area contributed by atoms with Crippen LogP contribution >= 0.6 is 45.8 Å². The van der Waals surface area contributed by atoms with Crippen LogP contribution in [0.15, 0.2) is 12.1 Å². The van der Waals surface area contributed by atoms with Gasteiger partial charge in [0.05, 0.1) is 10.6 Å². The standard InChI is InChI=1S/C14H18Cl2INO2/c1-14(2,3)11(4-5-19)18-13(20)9-6-8(15)7-10(16)12(9)17/h6-7,11,19H,4-5H2,1-3H3,(H,18,20). The molecule has 0 heterocycles. The molecule has 0 aliphatic heterocycles. The molecule has 0 aliphatic carbocycles. The summed E-state index contributed by atoms with van der Waals surface area (Å²) in [5.41, 5.74) is 0.307. The second-order valence-corrected chi connectivity index (χ2v) is 7.58. The number of hydrogen-bond acceptors (Lipinski definition) is 2. The molecule has 1 unspecified atom stereocenters. The summed E-state index contributed by atoms with van der Waals surface area (Å²) in [5, 5.41) is 13.0. The largest absolute Gasteiger partial charge is 0.396 e. The number of carbonyl (C=O) groups excluding carboxylic acids is 1. The average Bonchev–Trinajstić information content (AvgIpc) is 2.31. The monoisotopic (exact) mass is 429 g/mol. The molecule has 1 aromatic carbocycles. The van der Waals surface area contributed by atoms with Crippen LogP contribution in [0.5, 0.6) is 0 Å². The van der Waals surface area contributed by atoms with E-state index in [-0.39, 0.29) is 24.0 Å². The van der Waals surface area contributed by atoms with Crippen LogP contribution in [0.2, 0.25) is 10.0 Å². The van der Waals surface area contributed by atoms with E-state index in [1.165, 1.54) is 0 Å². The lowest BCUT2D eigenvalue weighted by Gasteiger charge is -2.31. The van der Waals surface area contributed by atoms with Gasteiger partial charge in [-0.25, -0.2) is 0 Å². The molecule has 1 amide bonds. The molecule has 3 nitrogen and oxygen atoms in total. The third kappa shape index (κ3) is 4.76. The maximum absolute atomic E-state index is 12.4. The highest BCUT2D eigenvalue weighted by atomic mass is 127. The zero-order valence-electron chi connectivity index (χ0n) is 11.6. The lowest BCUT2D eigenvalue weighted by Crippen LogP contribution is -2.44. The summed E-state index contributed by atoms with van der Waals surface area (Å²) in [4.78, 5) is 12.4. The highest BCUT2D eigenvalue weighted by Crippen LogP contribution is 2.28. The Kier molecular flexibility index (Phi) is 6.57. The van der Waals surface area contributed by atoms with Gasteiger partial charge in [0, 0.05) is 21.2 Å². The third-order valence-electron chi connectivity index (χ3n) is 3.01. The summed E-state index contributed by atoms with van der Waals surface area (Å²) >= 11 is 14.0. The van der Waals surface area contributed by atoms with Crippen LogP contribution in [0.25, 0.3) is 0 Å². The Hall–Kier alpha value is -0.0400. The molecule has 0 radical (unpaired) electrons. The quantitative estimate of drug-likeness (QED) is 0.558. The van der Waals surface area contributed by atoms with Crippen molar-refractivity contribution < 1.29 is 9.90 Å². The van der Waals surface area contributed by atoms with Gasteiger partial charge < -0.3 is 10.4 Å². The molecule has 112 valence electrons. The van der Waals surface area contributed by atoms with Crippen molar-refractivity contribution in [1.82, 2.24) is 5.32 Å². The van der Waals surface area contributed by atoms with Crippen LogP contribution in [0.1, 0.15) is 37.6 Å². The Morgan fingerprint density at radius 3 is 2.50 bits per heavy atom. The topological polar surface area (TPSA) is 49.3 Å². The number of halogens is 3. The van der Waals surface area contributed by atoms with Gasteiger partial charge in [-0.3, -0.25) is 4.79 Å². The molecule has 0 saturated carbocycles. The zero-order valence-corrected chi connectivity index (χ0v) is 15.3. The number of nitrogens with one attached hydrogen (secondary N) is 1. The summed E-state index contributed by atoms with van der Waals surface area (Å²) in [5.74, 6) is -0.229. The van der Waals surface area contributed by atoms with Crippen molar-refractivity contribution in [1.29, 1.82) is 0 Å². The van der Waals surface area contributed by atoms with Crippen LogP contribution < -0.4 is 5.32 Å². The molecular weight excluding hydrogens is 412 g/mol. The summed E-state index contributed by atoms with van der Waals surface area (Å²) in [6.45, 7) is 6.08. The first-order valence-corrected chi connectivity index (χ1v) is 8.06. The van der Waals surface area contributed by atoms with E-state index in [1.54, 1.807) is 12.1 Å². The molecule has 1 rings (SSSR count). The molecule has 1 atom stereocenters. The summed E-state index contributed by atoms with van der Waals surface area (Å²) in [6, 6.07) is 3.08. The van der Waals surface area contributed by atoms with E-state index in [4.69, 9.17) is 28.3 Å². The molecule has 0 bridgehead atoms. The molecule has 20 heavy (non-hydrogen) atoms. The zero-order chi connectivity index (χ0) is 15.5.